The summed E-state index contributed by atoms with van der Waals surface area (Å²) in [6.45, 7) is 23.5. The van der Waals surface area contributed by atoms with Gasteiger partial charge in [-0.25, -0.2) is 0 Å². The van der Waals surface area contributed by atoms with Crippen LogP contribution in [-0.2, 0) is 33.6 Å². The molecule has 2 aromatic carbocycles. The van der Waals surface area contributed by atoms with Crippen molar-refractivity contribution in [3.8, 4) is 0 Å². The van der Waals surface area contributed by atoms with E-state index >= 15 is 0 Å². The van der Waals surface area contributed by atoms with Crippen LogP contribution in [0.4, 0.5) is 0 Å². The van der Waals surface area contributed by atoms with Crippen molar-refractivity contribution in [3.63, 3.8) is 0 Å². The smallest absolute Gasteiger partial charge is 0.147 e. The molecule has 2 unspecified atom stereocenters. The predicted octanol–water partition coefficient (Wildman–Crippen LogP) is 10.7. The van der Waals surface area contributed by atoms with Crippen LogP contribution in [0.15, 0.2) is 60.0 Å². The third-order valence-corrected chi connectivity index (χ3v) is 19.2. The zero-order valence-electron chi connectivity index (χ0n) is 25.3. The molecule has 0 spiro atoms. The summed E-state index contributed by atoms with van der Waals surface area (Å²) < 4.78 is 15.4. The van der Waals surface area contributed by atoms with E-state index in [0.29, 0.717) is 5.92 Å². The largest absolute Gasteiger partial charge is 0.147 e. The van der Waals surface area contributed by atoms with Gasteiger partial charge < -0.3 is 0 Å². The minimum atomic E-state index is -2.00. The number of benzene rings is 2. The summed E-state index contributed by atoms with van der Waals surface area (Å²) >= 11 is 1.56. The Balaban J connectivity index is 0.00000267. The molecule has 2 atom stereocenters. The molecule has 0 N–H and O–H groups in total. The molecule has 4 rings (SSSR count). The summed E-state index contributed by atoms with van der Waals surface area (Å²) in [7, 11) is -4.00. The topological polar surface area (TPSA) is 18.5 Å². The minimum absolute atomic E-state index is 0. The van der Waals surface area contributed by atoms with Crippen molar-refractivity contribution >= 4 is 53.6 Å². The molecule has 2 nitrogen and oxygen atoms in total. The first-order valence-electron chi connectivity index (χ1n) is 13.7. The Hall–Kier alpha value is -0.583. The Morgan fingerprint density at radius 2 is 1.00 bits per heavy atom. The molecule has 2 aliphatic carbocycles. The number of rotatable bonds is 7. The van der Waals surface area contributed by atoms with E-state index in [1.54, 1.807) is 24.7 Å². The molecule has 2 aromatic rings. The third-order valence-electron chi connectivity index (χ3n) is 9.32. The number of allylic oxidation sites excluding steroid dienone is 2. The maximum absolute atomic E-state index is 7.14. The van der Waals surface area contributed by atoms with Gasteiger partial charge in [0.2, 0.25) is 0 Å². The van der Waals surface area contributed by atoms with Crippen molar-refractivity contribution < 1.29 is 33.6 Å². The Labute approximate surface area is 267 Å². The fourth-order valence-electron chi connectivity index (χ4n) is 5.04. The second kappa shape index (κ2) is 12.3. The molecule has 213 valence electrons. The Bertz CT molecular complexity index is 1130. The van der Waals surface area contributed by atoms with Gasteiger partial charge in [-0.2, -0.15) is 0 Å². The minimum Gasteiger partial charge on any atom is -0.147 e. The number of halogens is 2. The first-order valence-corrected chi connectivity index (χ1v) is 21.3. The molecule has 2 aliphatic rings. The summed E-state index contributed by atoms with van der Waals surface area (Å²) in [4.78, 5) is 0. The quantitative estimate of drug-likeness (QED) is 0.271. The Morgan fingerprint density at radius 3 is 1.31 bits per heavy atom. The molecule has 0 radical (unpaired) electrons. The summed E-state index contributed by atoms with van der Waals surface area (Å²) in [5.41, 5.74) is 5.47. The van der Waals surface area contributed by atoms with Crippen molar-refractivity contribution in [1.29, 1.82) is 0 Å². The van der Waals surface area contributed by atoms with Gasteiger partial charge in [0, 0.05) is 0 Å². The van der Waals surface area contributed by atoms with E-state index in [0.717, 1.165) is 4.13 Å². The molecule has 0 bridgehead atoms. The van der Waals surface area contributed by atoms with Crippen molar-refractivity contribution in [2.24, 2.45) is 5.92 Å². The zero-order valence-corrected chi connectivity index (χ0v) is 31.4. The Morgan fingerprint density at radius 1 is 0.667 bits per heavy atom. The predicted molar refractivity (Wildman–Crippen MR) is 174 cm³/mol. The molecule has 0 saturated carbocycles. The second-order valence-corrected chi connectivity index (χ2v) is 24.4. The van der Waals surface area contributed by atoms with E-state index in [1.165, 1.54) is 33.8 Å². The molecular weight excluding hydrogens is 635 g/mol. The van der Waals surface area contributed by atoms with Gasteiger partial charge in [0.05, 0.1) is 0 Å². The second-order valence-electron chi connectivity index (χ2n) is 13.9. The van der Waals surface area contributed by atoms with Gasteiger partial charge in [-0.1, -0.05) is 0 Å². The fourth-order valence-corrected chi connectivity index (χ4v) is 8.36. The summed E-state index contributed by atoms with van der Waals surface area (Å²) in [5.74, 6) is 3.23. The van der Waals surface area contributed by atoms with Crippen LogP contribution in [0, 0.1) is 5.92 Å². The number of hydrogen-bond donors (Lipinski definition) is 0. The van der Waals surface area contributed by atoms with Gasteiger partial charge >= 0.3 is 244 Å². The Kier molecular flexibility index (Phi) is 11.0. The van der Waals surface area contributed by atoms with E-state index in [1.807, 2.05) is 0 Å². The standard InChI is InChI=1S/C32H45O2Si2.2ClH.Zr/c1-22(29-25-18-14-12-16-23(25)20-27(29)33-35(8,9)31(2,3)4)30-26-19-15-13-17-24(26)21-28(30)34-36(10,11)32(5,6)7;;;/h12-22,29-30H,1H2,2-11H3;2*1H;. The molecular formula is C32H47Cl2O2Si2Zr. The molecule has 0 amide bonds. The van der Waals surface area contributed by atoms with Crippen LogP contribution >= 0.6 is 24.8 Å². The summed E-state index contributed by atoms with van der Waals surface area (Å²) in [6.07, 6.45) is 4.69. The van der Waals surface area contributed by atoms with Crippen LogP contribution in [0.1, 0.15) is 75.6 Å². The monoisotopic (exact) mass is 679 g/mol. The SMILES string of the molecule is CC(C)(C)[Si](C)(C)OC1=Cc2ccccc2C1C([CH2][Zr])C1C(O[Si](C)(C)C(C)(C)C)=Cc2ccccc21.Cl.Cl. The molecule has 7 heteroatoms. The summed E-state index contributed by atoms with van der Waals surface area (Å²) in [5, 5.41) is 0.300. The van der Waals surface area contributed by atoms with Crippen LogP contribution in [-0.4, -0.2) is 16.6 Å². The van der Waals surface area contributed by atoms with Gasteiger partial charge in [0.15, 0.2) is 0 Å². The van der Waals surface area contributed by atoms with Gasteiger partial charge in [-0.05, 0) is 0 Å². The third kappa shape index (κ3) is 6.74. The van der Waals surface area contributed by atoms with Crippen LogP contribution in [0.5, 0.6) is 0 Å². The van der Waals surface area contributed by atoms with Crippen LogP contribution in [0.3, 0.4) is 0 Å². The van der Waals surface area contributed by atoms with E-state index in [-0.39, 0.29) is 46.7 Å². The average molecular weight is 682 g/mol. The molecule has 0 heterocycles. The zero-order chi connectivity index (χ0) is 27.4. The van der Waals surface area contributed by atoms with Gasteiger partial charge in [-0.3, -0.25) is 0 Å². The number of fused-ring (bicyclic) bond motifs is 2. The molecule has 0 fully saturated rings. The first kappa shape index (κ1) is 34.6. The fraction of sp³-hybridized carbons (Fsp3) is 0.500. The van der Waals surface area contributed by atoms with Crippen LogP contribution in [0.25, 0.3) is 12.2 Å². The maximum atomic E-state index is 7.14. The van der Waals surface area contributed by atoms with E-state index in [9.17, 15) is 0 Å². The average Bonchev–Trinajstić information content (AvgIpc) is 3.31. The van der Waals surface area contributed by atoms with E-state index in [4.69, 9.17) is 8.85 Å². The van der Waals surface area contributed by atoms with Crippen molar-refractivity contribution in [2.75, 3.05) is 0 Å². The molecule has 0 aliphatic heterocycles. The normalized spacial score (nSPS) is 19.5. The molecule has 0 aromatic heterocycles. The molecule has 39 heavy (non-hydrogen) atoms. The maximum Gasteiger partial charge on any atom is -0.147 e. The van der Waals surface area contributed by atoms with Gasteiger partial charge in [0.25, 0.3) is 0 Å². The van der Waals surface area contributed by atoms with Gasteiger partial charge in [-0.15, -0.1) is 24.8 Å². The van der Waals surface area contributed by atoms with Crippen LogP contribution in [0.2, 0.25) is 40.4 Å². The summed E-state index contributed by atoms with van der Waals surface area (Å²) in [6, 6.07) is 17.9. The van der Waals surface area contributed by atoms with Crippen molar-refractivity contribution in [3.05, 3.63) is 82.3 Å². The van der Waals surface area contributed by atoms with Crippen molar-refractivity contribution in [2.45, 2.75) is 93.8 Å². The van der Waals surface area contributed by atoms with Gasteiger partial charge in [0.1, 0.15) is 0 Å². The first-order chi connectivity index (χ1) is 17.1. The van der Waals surface area contributed by atoms with E-state index in [2.05, 4.69) is 128 Å². The van der Waals surface area contributed by atoms with Crippen molar-refractivity contribution in [1.82, 2.24) is 0 Å². The number of hydrogen-bond acceptors (Lipinski definition) is 2. The van der Waals surface area contributed by atoms with Crippen LogP contribution < -0.4 is 0 Å². The molecule has 0 saturated heterocycles. The van der Waals surface area contributed by atoms with E-state index < -0.39 is 16.6 Å².